The molecule has 1 fully saturated rings. The maximum atomic E-state index is 12.5. The molecule has 144 valence electrons. The van der Waals surface area contributed by atoms with E-state index in [1.165, 1.54) is 13.2 Å². The molecule has 1 saturated carbocycles. The molecule has 0 spiro atoms. The van der Waals surface area contributed by atoms with Crippen LogP contribution in [0, 0.1) is 5.92 Å². The Morgan fingerprint density at radius 2 is 2.00 bits per heavy atom. The molecule has 28 heavy (non-hydrogen) atoms. The van der Waals surface area contributed by atoms with Crippen molar-refractivity contribution in [1.29, 1.82) is 0 Å². The lowest BCUT2D eigenvalue weighted by molar-refractivity contribution is -0.147. The van der Waals surface area contributed by atoms with Gasteiger partial charge in [-0.25, -0.2) is 0 Å². The predicted octanol–water partition coefficient (Wildman–Crippen LogP) is 4.36. The van der Waals surface area contributed by atoms with Crippen molar-refractivity contribution in [2.75, 3.05) is 7.11 Å². The van der Waals surface area contributed by atoms with Gasteiger partial charge in [0.25, 0.3) is 0 Å². The molecule has 4 rings (SSSR count). The number of hydrogen-bond donors (Lipinski definition) is 1. The van der Waals surface area contributed by atoms with E-state index in [1.54, 1.807) is 36.4 Å². The van der Waals surface area contributed by atoms with Crippen LogP contribution < -0.4 is 14.9 Å². The largest absolute Gasteiger partial charge is 0.497 e. The second-order valence-corrected chi connectivity index (χ2v) is 7.11. The van der Waals surface area contributed by atoms with Crippen LogP contribution in [-0.4, -0.2) is 24.3 Å². The van der Waals surface area contributed by atoms with E-state index in [1.807, 2.05) is 0 Å². The Morgan fingerprint density at radius 3 is 2.71 bits per heavy atom. The fourth-order valence-electron chi connectivity index (χ4n) is 3.25. The van der Waals surface area contributed by atoms with Gasteiger partial charge in [-0.2, -0.15) is 0 Å². The van der Waals surface area contributed by atoms with Crippen LogP contribution >= 0.6 is 11.6 Å². The van der Waals surface area contributed by atoms with E-state index < -0.39 is 5.97 Å². The molecular weight excluding hydrogens is 384 g/mol. The fourth-order valence-corrected chi connectivity index (χ4v) is 3.46. The van der Waals surface area contributed by atoms with Gasteiger partial charge in [-0.1, -0.05) is 17.7 Å². The van der Waals surface area contributed by atoms with Crippen LogP contribution in [0.3, 0.4) is 0 Å². The normalized spacial score (nSPS) is 18.5. The number of fused-ring (bicyclic) bond motifs is 1. The Morgan fingerprint density at radius 1 is 1.21 bits per heavy atom. The quantitative estimate of drug-likeness (QED) is 0.684. The monoisotopic (exact) mass is 400 g/mol. The van der Waals surface area contributed by atoms with E-state index in [2.05, 4.69) is 0 Å². The summed E-state index contributed by atoms with van der Waals surface area (Å²) in [4.78, 5) is 23.6. The summed E-state index contributed by atoms with van der Waals surface area (Å²) >= 11 is 6.20. The number of carboxylic acids is 1. The Bertz CT molecular complexity index is 1110. The van der Waals surface area contributed by atoms with Gasteiger partial charge < -0.3 is 19.0 Å². The molecule has 1 aliphatic carbocycles. The average molecular weight is 401 g/mol. The number of carbonyl (C=O) groups is 1. The highest BCUT2D eigenvalue weighted by atomic mass is 35.5. The number of para-hydroxylation sites is 1. The summed E-state index contributed by atoms with van der Waals surface area (Å²) in [5.41, 5.74) is 0.620. The number of aliphatic carboxylic acids is 1. The predicted molar refractivity (Wildman–Crippen MR) is 104 cm³/mol. The van der Waals surface area contributed by atoms with Gasteiger partial charge in [0.2, 0.25) is 0 Å². The summed E-state index contributed by atoms with van der Waals surface area (Å²) in [5.74, 6) is 0.160. The Kier molecular flexibility index (Phi) is 4.73. The van der Waals surface area contributed by atoms with Crippen LogP contribution in [0.5, 0.6) is 11.5 Å². The zero-order valence-electron chi connectivity index (χ0n) is 15.0. The summed E-state index contributed by atoms with van der Waals surface area (Å²) in [6.07, 6.45) is 0.673. The lowest BCUT2D eigenvalue weighted by Gasteiger charge is -2.33. The van der Waals surface area contributed by atoms with Gasteiger partial charge in [0.1, 0.15) is 23.4 Å². The average Bonchev–Trinajstić information content (AvgIpc) is 2.64. The lowest BCUT2D eigenvalue weighted by atomic mass is 9.82. The third-order valence-corrected chi connectivity index (χ3v) is 5.19. The molecule has 2 aromatic carbocycles. The standard InChI is InChI=1S/C21H17ClO6/c1-26-12-5-6-18(27-13-7-11(8-13)21(24)25)15(9-12)19-10-17(23)14-3-2-4-16(22)20(14)28-19/h2-6,9-11,13H,7-8H2,1H3,(H,24,25). The van der Waals surface area contributed by atoms with Crippen LogP contribution in [0.1, 0.15) is 12.8 Å². The molecule has 0 saturated heterocycles. The number of hydrogen-bond acceptors (Lipinski definition) is 5. The van der Waals surface area contributed by atoms with E-state index in [-0.39, 0.29) is 17.5 Å². The number of rotatable bonds is 5. The molecule has 0 radical (unpaired) electrons. The minimum absolute atomic E-state index is 0.205. The van der Waals surface area contributed by atoms with Crippen molar-refractivity contribution in [3.8, 4) is 22.8 Å². The van der Waals surface area contributed by atoms with Crippen molar-refractivity contribution >= 4 is 28.5 Å². The zero-order valence-corrected chi connectivity index (χ0v) is 15.7. The molecule has 1 aliphatic rings. The van der Waals surface area contributed by atoms with E-state index in [9.17, 15) is 9.59 Å². The van der Waals surface area contributed by atoms with Gasteiger partial charge in [-0.05, 0) is 43.2 Å². The van der Waals surface area contributed by atoms with Gasteiger partial charge in [0.15, 0.2) is 11.0 Å². The van der Waals surface area contributed by atoms with Crippen LogP contribution in [0.25, 0.3) is 22.3 Å². The van der Waals surface area contributed by atoms with Crippen molar-refractivity contribution in [2.45, 2.75) is 18.9 Å². The van der Waals surface area contributed by atoms with Crippen LogP contribution in [-0.2, 0) is 4.79 Å². The Labute approximate surface area is 165 Å². The number of carboxylic acid groups (broad SMARTS) is 1. The third kappa shape index (κ3) is 3.31. The maximum absolute atomic E-state index is 12.5. The molecule has 0 atom stereocenters. The van der Waals surface area contributed by atoms with Crippen molar-refractivity contribution in [2.24, 2.45) is 5.92 Å². The minimum atomic E-state index is -0.815. The highest BCUT2D eigenvalue weighted by Gasteiger charge is 2.36. The van der Waals surface area contributed by atoms with Crippen LogP contribution in [0.15, 0.2) is 51.7 Å². The molecule has 0 bridgehead atoms. The van der Waals surface area contributed by atoms with Crippen LogP contribution in [0.4, 0.5) is 0 Å². The SMILES string of the molecule is COc1ccc(OC2CC(C(=O)O)C2)c(-c2cc(=O)c3cccc(Cl)c3o2)c1. The van der Waals surface area contributed by atoms with Gasteiger partial charge in [0, 0.05) is 6.07 Å². The first kappa shape index (κ1) is 18.4. The van der Waals surface area contributed by atoms with E-state index >= 15 is 0 Å². The molecule has 0 unspecified atom stereocenters. The topological polar surface area (TPSA) is 86.0 Å². The molecule has 1 aromatic heterocycles. The molecule has 1 N–H and O–H groups in total. The molecule has 1 heterocycles. The summed E-state index contributed by atoms with van der Waals surface area (Å²) in [6, 6.07) is 11.6. The maximum Gasteiger partial charge on any atom is 0.306 e. The first-order valence-corrected chi connectivity index (χ1v) is 9.14. The number of ether oxygens (including phenoxy) is 2. The highest BCUT2D eigenvalue weighted by Crippen LogP contribution is 2.39. The van der Waals surface area contributed by atoms with E-state index in [4.69, 9.17) is 30.6 Å². The zero-order chi connectivity index (χ0) is 19.8. The number of methoxy groups -OCH3 is 1. The number of halogens is 1. The van der Waals surface area contributed by atoms with Gasteiger partial charge in [0.05, 0.1) is 29.0 Å². The Hall–Kier alpha value is -2.99. The molecule has 0 amide bonds. The molecule has 7 heteroatoms. The summed E-state index contributed by atoms with van der Waals surface area (Å²) < 4.78 is 17.2. The van der Waals surface area contributed by atoms with Gasteiger partial charge in [-0.15, -0.1) is 0 Å². The van der Waals surface area contributed by atoms with Gasteiger partial charge in [-0.3, -0.25) is 9.59 Å². The second kappa shape index (κ2) is 7.20. The van der Waals surface area contributed by atoms with Crippen LogP contribution in [0.2, 0.25) is 5.02 Å². The highest BCUT2D eigenvalue weighted by molar-refractivity contribution is 6.34. The molecule has 3 aromatic rings. The first-order valence-electron chi connectivity index (χ1n) is 8.76. The van der Waals surface area contributed by atoms with E-state index in [0.717, 1.165) is 0 Å². The minimum Gasteiger partial charge on any atom is -0.497 e. The van der Waals surface area contributed by atoms with Crippen molar-refractivity contribution in [3.05, 3.63) is 57.7 Å². The van der Waals surface area contributed by atoms with Crippen molar-refractivity contribution < 1.29 is 23.8 Å². The third-order valence-electron chi connectivity index (χ3n) is 4.90. The summed E-state index contributed by atoms with van der Waals surface area (Å²) in [7, 11) is 1.54. The van der Waals surface area contributed by atoms with Crippen molar-refractivity contribution in [3.63, 3.8) is 0 Å². The summed E-state index contributed by atoms with van der Waals surface area (Å²) in [6.45, 7) is 0. The number of benzene rings is 2. The molecule has 6 nitrogen and oxygen atoms in total. The first-order chi connectivity index (χ1) is 13.5. The van der Waals surface area contributed by atoms with Crippen molar-refractivity contribution in [1.82, 2.24) is 0 Å². The molecular formula is C21H17ClO6. The second-order valence-electron chi connectivity index (χ2n) is 6.70. The van der Waals surface area contributed by atoms with Gasteiger partial charge >= 0.3 is 5.97 Å². The smallest absolute Gasteiger partial charge is 0.306 e. The molecule has 0 aliphatic heterocycles. The van der Waals surface area contributed by atoms with E-state index in [0.29, 0.717) is 51.7 Å². The lowest BCUT2D eigenvalue weighted by Crippen LogP contribution is -2.38. The summed E-state index contributed by atoms with van der Waals surface area (Å²) in [5, 5.41) is 9.77. The fraction of sp³-hybridized carbons (Fsp3) is 0.238. The Balaban J connectivity index is 1.76.